The van der Waals surface area contributed by atoms with Gasteiger partial charge in [-0.3, -0.25) is 10.1 Å². The van der Waals surface area contributed by atoms with Crippen molar-refractivity contribution in [3.05, 3.63) is 52.1 Å². The second kappa shape index (κ2) is 6.77. The van der Waals surface area contributed by atoms with Gasteiger partial charge in [-0.05, 0) is 25.1 Å². The Bertz CT molecular complexity index is 946. The third kappa shape index (κ3) is 3.53. The molecule has 0 saturated heterocycles. The summed E-state index contributed by atoms with van der Waals surface area (Å²) in [4.78, 5) is 23.8. The molecular formula is C15H13FN6O2S. The summed E-state index contributed by atoms with van der Waals surface area (Å²) in [5.41, 5.74) is 1.21. The summed E-state index contributed by atoms with van der Waals surface area (Å²) >= 11 is 1.46. The van der Waals surface area contributed by atoms with E-state index in [1.807, 2.05) is 6.92 Å². The largest absolute Gasteiger partial charge is 0.365 e. The molecule has 2 heterocycles. The van der Waals surface area contributed by atoms with Crippen molar-refractivity contribution < 1.29 is 9.31 Å². The average Bonchev–Trinajstić information content (AvgIpc) is 2.97. The first-order valence-electron chi connectivity index (χ1n) is 7.17. The van der Waals surface area contributed by atoms with Gasteiger partial charge in [0.15, 0.2) is 5.13 Å². The highest BCUT2D eigenvalue weighted by Gasteiger charge is 2.15. The summed E-state index contributed by atoms with van der Waals surface area (Å²) in [6.07, 6.45) is 1.57. The van der Waals surface area contributed by atoms with Crippen molar-refractivity contribution >= 4 is 33.8 Å². The molecule has 0 amide bonds. The molecule has 3 aromatic rings. The molecule has 2 aromatic heterocycles. The summed E-state index contributed by atoms with van der Waals surface area (Å²) < 4.78 is 13.4. The fourth-order valence-corrected chi connectivity index (χ4v) is 3.04. The number of hydrogen-bond acceptors (Lipinski definition) is 8. The number of nitrogens with zero attached hydrogens (tertiary/aromatic N) is 4. The molecule has 0 radical (unpaired) electrons. The molecule has 2 N–H and O–H groups in total. The Morgan fingerprint density at radius 1 is 1.28 bits per heavy atom. The fraction of sp³-hybridized carbons (Fsp3) is 0.133. The van der Waals surface area contributed by atoms with Crippen LogP contribution in [0.1, 0.15) is 5.69 Å². The van der Waals surface area contributed by atoms with Crippen molar-refractivity contribution in [2.75, 3.05) is 17.7 Å². The zero-order valence-electron chi connectivity index (χ0n) is 13.3. The minimum atomic E-state index is -0.898. The third-order valence-electron chi connectivity index (χ3n) is 3.30. The summed E-state index contributed by atoms with van der Waals surface area (Å²) in [6, 6.07) is 5.26. The first kappa shape index (κ1) is 16.7. The average molecular weight is 360 g/mol. The van der Waals surface area contributed by atoms with Crippen LogP contribution in [-0.4, -0.2) is 26.9 Å². The van der Waals surface area contributed by atoms with Crippen LogP contribution in [-0.2, 0) is 0 Å². The molecule has 10 heteroatoms. The molecule has 0 atom stereocenters. The van der Waals surface area contributed by atoms with E-state index < -0.39 is 16.4 Å². The van der Waals surface area contributed by atoms with E-state index in [2.05, 4.69) is 25.6 Å². The highest BCUT2D eigenvalue weighted by atomic mass is 32.1. The molecule has 0 fully saturated rings. The van der Waals surface area contributed by atoms with Crippen LogP contribution in [0, 0.1) is 22.9 Å². The lowest BCUT2D eigenvalue weighted by Gasteiger charge is -2.06. The summed E-state index contributed by atoms with van der Waals surface area (Å²) in [5.74, 6) is -0.651. The van der Waals surface area contributed by atoms with Crippen LogP contribution in [0.25, 0.3) is 10.6 Å². The molecule has 8 nitrogen and oxygen atoms in total. The number of benzene rings is 1. The number of nitro groups is 1. The Morgan fingerprint density at radius 3 is 2.76 bits per heavy atom. The molecule has 25 heavy (non-hydrogen) atoms. The van der Waals surface area contributed by atoms with E-state index in [4.69, 9.17) is 0 Å². The van der Waals surface area contributed by atoms with E-state index in [0.29, 0.717) is 11.4 Å². The maximum Gasteiger partial charge on any atom is 0.306 e. The molecule has 1 aromatic carbocycles. The van der Waals surface area contributed by atoms with Crippen molar-refractivity contribution in [3.8, 4) is 10.6 Å². The Hall–Kier alpha value is -3.14. The van der Waals surface area contributed by atoms with Gasteiger partial charge in [0, 0.05) is 25.0 Å². The first-order chi connectivity index (χ1) is 12.0. The number of hydrogen-bond donors (Lipinski definition) is 2. The maximum atomic E-state index is 13.4. The predicted octanol–water partition coefficient (Wildman–Crippen LogP) is 3.74. The molecule has 3 rings (SSSR count). The normalized spacial score (nSPS) is 10.5. The summed E-state index contributed by atoms with van der Waals surface area (Å²) in [7, 11) is 1.79. The smallest absolute Gasteiger partial charge is 0.306 e. The number of rotatable bonds is 5. The Kier molecular flexibility index (Phi) is 4.52. The van der Waals surface area contributed by atoms with Gasteiger partial charge in [0.1, 0.15) is 0 Å². The minimum absolute atomic E-state index is 0.247. The van der Waals surface area contributed by atoms with Crippen LogP contribution in [0.5, 0.6) is 0 Å². The maximum absolute atomic E-state index is 13.4. The molecule has 0 aliphatic rings. The minimum Gasteiger partial charge on any atom is -0.365 e. The number of anilines is 3. The third-order valence-corrected chi connectivity index (χ3v) is 4.50. The van der Waals surface area contributed by atoms with E-state index in [-0.39, 0.29) is 5.95 Å². The lowest BCUT2D eigenvalue weighted by atomic mass is 10.2. The quantitative estimate of drug-likeness (QED) is 0.527. The van der Waals surface area contributed by atoms with E-state index in [9.17, 15) is 14.5 Å². The molecule has 0 aliphatic carbocycles. The lowest BCUT2D eigenvalue weighted by molar-refractivity contribution is -0.387. The molecule has 0 saturated carbocycles. The van der Waals surface area contributed by atoms with Gasteiger partial charge >= 0.3 is 5.69 Å². The van der Waals surface area contributed by atoms with E-state index >= 15 is 0 Å². The predicted molar refractivity (Wildman–Crippen MR) is 93.8 cm³/mol. The molecule has 0 spiro atoms. The first-order valence-corrected chi connectivity index (χ1v) is 7.99. The number of thiazole rings is 1. The summed E-state index contributed by atoms with van der Waals surface area (Å²) in [6.45, 7) is 1.88. The second-order valence-electron chi connectivity index (χ2n) is 5.00. The number of nitrogens with one attached hydrogen (secondary N) is 2. The van der Waals surface area contributed by atoms with Crippen LogP contribution in [0.4, 0.5) is 26.8 Å². The van der Waals surface area contributed by atoms with Gasteiger partial charge in [0.2, 0.25) is 11.8 Å². The zero-order chi connectivity index (χ0) is 18.0. The highest BCUT2D eigenvalue weighted by molar-refractivity contribution is 7.19. The lowest BCUT2D eigenvalue weighted by Crippen LogP contribution is -1.99. The van der Waals surface area contributed by atoms with Crippen molar-refractivity contribution in [2.45, 2.75) is 6.92 Å². The number of nitro benzene ring substituents is 1. The fourth-order valence-electron chi connectivity index (χ4n) is 2.15. The van der Waals surface area contributed by atoms with Crippen LogP contribution < -0.4 is 10.6 Å². The van der Waals surface area contributed by atoms with Gasteiger partial charge in [-0.25, -0.2) is 15.0 Å². The van der Waals surface area contributed by atoms with E-state index in [1.54, 1.807) is 19.3 Å². The topological polar surface area (TPSA) is 106 Å². The van der Waals surface area contributed by atoms with Crippen molar-refractivity contribution in [3.63, 3.8) is 0 Å². The van der Waals surface area contributed by atoms with E-state index in [0.717, 1.165) is 27.8 Å². The van der Waals surface area contributed by atoms with Crippen LogP contribution >= 0.6 is 11.3 Å². The van der Waals surface area contributed by atoms with Gasteiger partial charge < -0.3 is 10.6 Å². The van der Waals surface area contributed by atoms with Crippen molar-refractivity contribution in [2.24, 2.45) is 0 Å². The van der Waals surface area contributed by atoms with Gasteiger partial charge in [-0.2, -0.15) is 4.39 Å². The van der Waals surface area contributed by atoms with Gasteiger partial charge in [0.25, 0.3) is 0 Å². The second-order valence-corrected chi connectivity index (χ2v) is 6.00. The van der Waals surface area contributed by atoms with Gasteiger partial charge in [-0.15, -0.1) is 0 Å². The SMILES string of the molecule is CNc1nc(C)c(-c2ccnc(Nc3ccc(F)c([N+](=O)[O-])c3)n2)s1. The molecule has 128 valence electrons. The molecule has 0 aliphatic heterocycles. The highest BCUT2D eigenvalue weighted by Crippen LogP contribution is 2.32. The van der Waals surface area contributed by atoms with Crippen LogP contribution in [0.3, 0.4) is 0 Å². The van der Waals surface area contributed by atoms with Crippen LogP contribution in [0.2, 0.25) is 0 Å². The van der Waals surface area contributed by atoms with Gasteiger partial charge in [-0.1, -0.05) is 11.3 Å². The Balaban J connectivity index is 1.91. The van der Waals surface area contributed by atoms with Crippen molar-refractivity contribution in [1.29, 1.82) is 0 Å². The molecular weight excluding hydrogens is 347 g/mol. The number of aromatic nitrogens is 3. The summed E-state index contributed by atoms with van der Waals surface area (Å²) in [5, 5.41) is 17.4. The van der Waals surface area contributed by atoms with E-state index in [1.165, 1.54) is 17.4 Å². The molecule has 0 unspecified atom stereocenters. The Labute approximate surface area is 145 Å². The zero-order valence-corrected chi connectivity index (χ0v) is 14.1. The number of halogens is 1. The van der Waals surface area contributed by atoms with Crippen molar-refractivity contribution in [1.82, 2.24) is 15.0 Å². The standard InChI is InChI=1S/C15H13FN6O2S/c1-8-13(25-15(17-2)19-8)11-5-6-18-14(21-11)20-9-3-4-10(16)12(7-9)22(23)24/h3-7H,1-2H3,(H,17,19)(H,18,20,21). The Morgan fingerprint density at radius 2 is 2.08 bits per heavy atom. The monoisotopic (exact) mass is 360 g/mol. The van der Waals surface area contributed by atoms with Gasteiger partial charge in [0.05, 0.1) is 21.2 Å². The van der Waals surface area contributed by atoms with Crippen LogP contribution in [0.15, 0.2) is 30.5 Å². The molecule has 0 bridgehead atoms. The number of aryl methyl sites for hydroxylation is 1.